The van der Waals surface area contributed by atoms with Gasteiger partial charge in [0.15, 0.2) is 0 Å². The van der Waals surface area contributed by atoms with Crippen molar-refractivity contribution in [3.05, 3.63) is 35.4 Å². The van der Waals surface area contributed by atoms with E-state index in [-0.39, 0.29) is 6.10 Å². The van der Waals surface area contributed by atoms with Gasteiger partial charge in [-0.2, -0.15) is 0 Å². The summed E-state index contributed by atoms with van der Waals surface area (Å²) < 4.78 is 11.8. The van der Waals surface area contributed by atoms with Crippen molar-refractivity contribution in [1.29, 1.82) is 0 Å². The zero-order valence-electron chi connectivity index (χ0n) is 11.5. The Balaban J connectivity index is 1.84. The number of unbranched alkanes of at least 4 members (excludes halogenated alkanes) is 1. The Bertz CT molecular complexity index is 337. The van der Waals surface area contributed by atoms with E-state index in [0.29, 0.717) is 12.7 Å². The number of hydrogen-bond donors (Lipinski definition) is 0. The molecular formula is C16H24O2. The molecule has 1 aromatic rings. The normalized spacial score (nSPS) is 24.1. The smallest absolute Gasteiger partial charge is 0.106 e. The molecule has 2 rings (SSSR count). The zero-order valence-corrected chi connectivity index (χ0v) is 11.5. The van der Waals surface area contributed by atoms with E-state index in [4.69, 9.17) is 9.47 Å². The number of aryl methyl sites for hydroxylation is 1. The van der Waals surface area contributed by atoms with Crippen LogP contribution >= 0.6 is 0 Å². The molecule has 1 heterocycles. The lowest BCUT2D eigenvalue weighted by Gasteiger charge is -2.30. The van der Waals surface area contributed by atoms with Crippen molar-refractivity contribution in [2.24, 2.45) is 0 Å². The van der Waals surface area contributed by atoms with E-state index < -0.39 is 0 Å². The van der Waals surface area contributed by atoms with E-state index in [2.05, 4.69) is 38.1 Å². The van der Waals surface area contributed by atoms with Gasteiger partial charge in [0.2, 0.25) is 0 Å². The van der Waals surface area contributed by atoms with Gasteiger partial charge < -0.3 is 9.47 Å². The molecule has 1 fully saturated rings. The van der Waals surface area contributed by atoms with Crippen LogP contribution in [0.2, 0.25) is 0 Å². The van der Waals surface area contributed by atoms with Crippen LogP contribution in [0.25, 0.3) is 0 Å². The van der Waals surface area contributed by atoms with Crippen LogP contribution in [0, 0.1) is 0 Å². The fraction of sp³-hybridized carbons (Fsp3) is 0.625. The zero-order chi connectivity index (χ0) is 12.8. The summed E-state index contributed by atoms with van der Waals surface area (Å²) in [7, 11) is 0. The molecule has 1 aliphatic rings. The van der Waals surface area contributed by atoms with Crippen LogP contribution in [0.1, 0.15) is 50.3 Å². The van der Waals surface area contributed by atoms with Gasteiger partial charge in [-0.3, -0.25) is 0 Å². The van der Waals surface area contributed by atoms with E-state index in [1.807, 2.05) is 0 Å². The van der Waals surface area contributed by atoms with E-state index in [1.54, 1.807) is 0 Å². The number of hydrogen-bond acceptors (Lipinski definition) is 2. The van der Waals surface area contributed by atoms with Crippen LogP contribution in [-0.2, 0) is 15.9 Å². The summed E-state index contributed by atoms with van der Waals surface area (Å²) in [6, 6.07) is 8.70. The van der Waals surface area contributed by atoms with Gasteiger partial charge in [0.1, 0.15) is 6.10 Å². The van der Waals surface area contributed by atoms with Gasteiger partial charge in [0, 0.05) is 0 Å². The van der Waals surface area contributed by atoms with Crippen LogP contribution in [0.4, 0.5) is 0 Å². The van der Waals surface area contributed by atoms with E-state index >= 15 is 0 Å². The molecule has 1 aromatic carbocycles. The molecule has 0 bridgehead atoms. The highest BCUT2D eigenvalue weighted by molar-refractivity contribution is 5.24. The summed E-state index contributed by atoms with van der Waals surface area (Å²) in [4.78, 5) is 0. The highest BCUT2D eigenvalue weighted by atomic mass is 16.6. The standard InChI is InChI=1S/C16H24O2/c1-3-5-6-15-11-18-16(12-17-15)14-9-7-13(4-2)8-10-14/h7-10,15-16H,3-6,11-12H2,1-2H3/t15-,16-/m1/s1. The van der Waals surface area contributed by atoms with Crippen LogP contribution in [0.5, 0.6) is 0 Å². The molecule has 2 heteroatoms. The Morgan fingerprint density at radius 3 is 2.39 bits per heavy atom. The van der Waals surface area contributed by atoms with Crippen molar-refractivity contribution in [3.63, 3.8) is 0 Å². The Morgan fingerprint density at radius 1 is 1.06 bits per heavy atom. The average molecular weight is 248 g/mol. The highest BCUT2D eigenvalue weighted by Crippen LogP contribution is 2.24. The van der Waals surface area contributed by atoms with Crippen molar-refractivity contribution in [3.8, 4) is 0 Å². The second-order valence-electron chi connectivity index (χ2n) is 5.01. The molecule has 100 valence electrons. The Labute approximate surface area is 110 Å². The SMILES string of the molecule is CCCC[C@@H]1CO[C@@H](c2ccc(CC)cc2)CO1. The Hall–Kier alpha value is -0.860. The minimum Gasteiger partial charge on any atom is -0.373 e. The lowest BCUT2D eigenvalue weighted by atomic mass is 10.0. The maximum atomic E-state index is 5.92. The topological polar surface area (TPSA) is 18.5 Å². The molecule has 0 saturated carbocycles. The number of benzene rings is 1. The van der Waals surface area contributed by atoms with Crippen LogP contribution < -0.4 is 0 Å². The summed E-state index contributed by atoms with van der Waals surface area (Å²) >= 11 is 0. The third kappa shape index (κ3) is 3.56. The lowest BCUT2D eigenvalue weighted by molar-refractivity contribution is -0.137. The summed E-state index contributed by atoms with van der Waals surface area (Å²) in [5.41, 5.74) is 2.61. The maximum Gasteiger partial charge on any atom is 0.106 e. The number of rotatable bonds is 5. The molecule has 0 spiro atoms. The molecule has 0 amide bonds. The van der Waals surface area contributed by atoms with E-state index in [9.17, 15) is 0 Å². The Morgan fingerprint density at radius 2 is 1.83 bits per heavy atom. The largest absolute Gasteiger partial charge is 0.373 e. The molecule has 0 radical (unpaired) electrons. The third-order valence-electron chi connectivity index (χ3n) is 3.61. The maximum absolute atomic E-state index is 5.92. The van der Waals surface area contributed by atoms with Gasteiger partial charge in [-0.15, -0.1) is 0 Å². The van der Waals surface area contributed by atoms with Crippen LogP contribution in [0.15, 0.2) is 24.3 Å². The van der Waals surface area contributed by atoms with Crippen molar-refractivity contribution in [2.45, 2.75) is 51.7 Å². The Kier molecular flexibility index (Phi) is 5.21. The fourth-order valence-corrected chi connectivity index (χ4v) is 2.30. The molecule has 0 unspecified atom stereocenters. The minimum absolute atomic E-state index is 0.119. The van der Waals surface area contributed by atoms with Crippen LogP contribution in [0.3, 0.4) is 0 Å². The van der Waals surface area contributed by atoms with Crippen LogP contribution in [-0.4, -0.2) is 19.3 Å². The first-order chi connectivity index (χ1) is 8.83. The van der Waals surface area contributed by atoms with E-state index in [1.165, 1.54) is 24.0 Å². The molecule has 18 heavy (non-hydrogen) atoms. The van der Waals surface area contributed by atoms with E-state index in [0.717, 1.165) is 19.4 Å². The summed E-state index contributed by atoms with van der Waals surface area (Å²) in [5.74, 6) is 0. The summed E-state index contributed by atoms with van der Waals surface area (Å²) in [6.07, 6.45) is 5.08. The summed E-state index contributed by atoms with van der Waals surface area (Å²) in [5, 5.41) is 0. The van der Waals surface area contributed by atoms with Gasteiger partial charge in [0.05, 0.1) is 19.3 Å². The molecule has 2 nitrogen and oxygen atoms in total. The summed E-state index contributed by atoms with van der Waals surface area (Å²) in [6.45, 7) is 5.81. The van der Waals surface area contributed by atoms with Gasteiger partial charge in [-0.1, -0.05) is 51.0 Å². The van der Waals surface area contributed by atoms with Crippen molar-refractivity contribution in [1.82, 2.24) is 0 Å². The molecule has 2 atom stereocenters. The average Bonchev–Trinajstić information content (AvgIpc) is 2.46. The first-order valence-corrected chi connectivity index (χ1v) is 7.15. The van der Waals surface area contributed by atoms with Crippen molar-refractivity contribution < 1.29 is 9.47 Å². The molecule has 0 aromatic heterocycles. The lowest BCUT2D eigenvalue weighted by Crippen LogP contribution is -2.31. The second-order valence-corrected chi connectivity index (χ2v) is 5.01. The first-order valence-electron chi connectivity index (χ1n) is 7.15. The molecule has 0 aliphatic carbocycles. The molecule has 0 N–H and O–H groups in total. The highest BCUT2D eigenvalue weighted by Gasteiger charge is 2.22. The number of ether oxygens (including phenoxy) is 2. The van der Waals surface area contributed by atoms with Gasteiger partial charge >= 0.3 is 0 Å². The molecule has 1 saturated heterocycles. The second kappa shape index (κ2) is 6.91. The van der Waals surface area contributed by atoms with Crippen molar-refractivity contribution in [2.75, 3.05) is 13.2 Å². The molecular weight excluding hydrogens is 224 g/mol. The van der Waals surface area contributed by atoms with Gasteiger partial charge in [-0.25, -0.2) is 0 Å². The van der Waals surface area contributed by atoms with Gasteiger partial charge in [0.25, 0.3) is 0 Å². The monoisotopic (exact) mass is 248 g/mol. The van der Waals surface area contributed by atoms with Crippen molar-refractivity contribution >= 4 is 0 Å². The minimum atomic E-state index is 0.119. The predicted molar refractivity (Wildman–Crippen MR) is 73.8 cm³/mol. The molecule has 1 aliphatic heterocycles. The third-order valence-corrected chi connectivity index (χ3v) is 3.61. The quantitative estimate of drug-likeness (QED) is 0.787. The van der Waals surface area contributed by atoms with Gasteiger partial charge in [-0.05, 0) is 24.0 Å². The fourth-order valence-electron chi connectivity index (χ4n) is 2.30. The predicted octanol–water partition coefficient (Wildman–Crippen LogP) is 3.90. The first kappa shape index (κ1) is 13.6.